The third kappa shape index (κ3) is 3.96. The van der Waals surface area contributed by atoms with Crippen LogP contribution in [0, 0.1) is 0 Å². The Labute approximate surface area is 106 Å². The molecule has 0 aliphatic heterocycles. The largest absolute Gasteiger partial charge is 0.370 e. The average Bonchev–Trinajstić information content (AvgIpc) is 2.73. The fourth-order valence-corrected chi connectivity index (χ4v) is 3.46. The van der Waals surface area contributed by atoms with Gasteiger partial charge in [-0.1, -0.05) is 51.4 Å². The zero-order valence-corrected chi connectivity index (χ0v) is 11.3. The second kappa shape index (κ2) is 6.75. The van der Waals surface area contributed by atoms with Crippen LogP contribution in [-0.4, -0.2) is 18.2 Å². The lowest BCUT2D eigenvalue weighted by Gasteiger charge is -2.35. The van der Waals surface area contributed by atoms with Crippen LogP contribution in [0.3, 0.4) is 0 Å². The van der Waals surface area contributed by atoms with E-state index < -0.39 is 0 Å². The van der Waals surface area contributed by atoms with E-state index in [2.05, 4.69) is 0 Å². The number of nitrogens with two attached hydrogens (primary N) is 1. The summed E-state index contributed by atoms with van der Waals surface area (Å²) >= 11 is 0. The van der Waals surface area contributed by atoms with Crippen molar-refractivity contribution in [1.82, 2.24) is 0 Å². The highest BCUT2D eigenvalue weighted by Crippen LogP contribution is 2.33. The van der Waals surface area contributed by atoms with E-state index in [1.165, 1.54) is 77.0 Å². The van der Waals surface area contributed by atoms with Gasteiger partial charge in [0.15, 0.2) is 0 Å². The fourth-order valence-electron chi connectivity index (χ4n) is 3.46. The van der Waals surface area contributed by atoms with E-state index in [4.69, 9.17) is 10.5 Å². The highest BCUT2D eigenvalue weighted by Gasteiger charge is 2.33. The minimum Gasteiger partial charge on any atom is -0.370 e. The summed E-state index contributed by atoms with van der Waals surface area (Å²) in [6, 6.07) is 0. The number of hydrogen-bond donors (Lipinski definition) is 1. The predicted octanol–water partition coefficient (Wildman–Crippen LogP) is 3.78. The van der Waals surface area contributed by atoms with Crippen LogP contribution < -0.4 is 5.73 Å². The van der Waals surface area contributed by atoms with Gasteiger partial charge < -0.3 is 10.5 Å². The van der Waals surface area contributed by atoms with Crippen LogP contribution in [0.15, 0.2) is 0 Å². The lowest BCUT2D eigenvalue weighted by atomic mass is 9.93. The van der Waals surface area contributed by atoms with Crippen LogP contribution >= 0.6 is 0 Å². The summed E-state index contributed by atoms with van der Waals surface area (Å²) in [5.74, 6) is 0. The van der Waals surface area contributed by atoms with Crippen LogP contribution in [0.2, 0.25) is 0 Å². The molecule has 0 radical (unpaired) electrons. The van der Waals surface area contributed by atoms with E-state index in [0.717, 1.165) is 6.54 Å². The Kier molecular flexibility index (Phi) is 5.30. The standard InChI is InChI=1S/C15H29NO/c16-13-15(11-7-3-4-8-12-15)17-14-9-5-1-2-6-10-14/h14H,1-13,16H2. The molecule has 0 unspecified atom stereocenters. The van der Waals surface area contributed by atoms with Gasteiger partial charge in [-0.25, -0.2) is 0 Å². The summed E-state index contributed by atoms with van der Waals surface area (Å²) in [6.45, 7) is 0.726. The zero-order valence-electron chi connectivity index (χ0n) is 11.3. The van der Waals surface area contributed by atoms with Crippen LogP contribution in [0.4, 0.5) is 0 Å². The van der Waals surface area contributed by atoms with E-state index in [9.17, 15) is 0 Å². The van der Waals surface area contributed by atoms with Crippen molar-refractivity contribution < 1.29 is 4.74 Å². The molecule has 2 aliphatic rings. The van der Waals surface area contributed by atoms with Gasteiger partial charge in [-0.3, -0.25) is 0 Å². The molecular weight excluding hydrogens is 210 g/mol. The van der Waals surface area contributed by atoms with Crippen molar-refractivity contribution in [3.05, 3.63) is 0 Å². The smallest absolute Gasteiger partial charge is 0.0807 e. The second-order valence-corrected chi connectivity index (χ2v) is 6.03. The molecule has 0 spiro atoms. The van der Waals surface area contributed by atoms with Crippen molar-refractivity contribution in [3.8, 4) is 0 Å². The molecule has 2 nitrogen and oxygen atoms in total. The lowest BCUT2D eigenvalue weighted by molar-refractivity contribution is -0.101. The van der Waals surface area contributed by atoms with Gasteiger partial charge in [-0.05, 0) is 25.7 Å². The third-order valence-corrected chi connectivity index (χ3v) is 4.61. The Hall–Kier alpha value is -0.0800. The molecule has 0 atom stereocenters. The molecule has 2 fully saturated rings. The first kappa shape index (κ1) is 13.4. The molecule has 0 saturated heterocycles. The maximum atomic E-state index is 6.50. The number of ether oxygens (including phenoxy) is 1. The maximum Gasteiger partial charge on any atom is 0.0807 e. The second-order valence-electron chi connectivity index (χ2n) is 6.03. The zero-order chi connectivity index (χ0) is 12.0. The van der Waals surface area contributed by atoms with Gasteiger partial charge in [0.2, 0.25) is 0 Å². The molecule has 0 amide bonds. The van der Waals surface area contributed by atoms with Gasteiger partial charge in [0, 0.05) is 6.54 Å². The first-order chi connectivity index (χ1) is 8.35. The summed E-state index contributed by atoms with van der Waals surface area (Å²) in [5.41, 5.74) is 6.07. The summed E-state index contributed by atoms with van der Waals surface area (Å²) in [5, 5.41) is 0. The minimum atomic E-state index is 0.0332. The van der Waals surface area contributed by atoms with Crippen molar-refractivity contribution in [2.24, 2.45) is 5.73 Å². The quantitative estimate of drug-likeness (QED) is 0.761. The van der Waals surface area contributed by atoms with Gasteiger partial charge in [0.05, 0.1) is 11.7 Å². The Morgan fingerprint density at radius 2 is 1.35 bits per heavy atom. The van der Waals surface area contributed by atoms with Crippen molar-refractivity contribution in [1.29, 1.82) is 0 Å². The normalized spacial score (nSPS) is 27.4. The molecule has 2 rings (SSSR count). The topological polar surface area (TPSA) is 35.2 Å². The molecule has 0 heterocycles. The summed E-state index contributed by atoms with van der Waals surface area (Å²) in [6.07, 6.45) is 16.3. The molecule has 0 aromatic heterocycles. The fraction of sp³-hybridized carbons (Fsp3) is 1.00. The molecule has 0 bridgehead atoms. The first-order valence-corrected chi connectivity index (χ1v) is 7.73. The van der Waals surface area contributed by atoms with Crippen LogP contribution in [0.5, 0.6) is 0 Å². The first-order valence-electron chi connectivity index (χ1n) is 7.73. The van der Waals surface area contributed by atoms with Gasteiger partial charge >= 0.3 is 0 Å². The Bertz CT molecular complexity index is 201. The summed E-state index contributed by atoms with van der Waals surface area (Å²) < 4.78 is 6.50. The van der Waals surface area contributed by atoms with Gasteiger partial charge in [-0.2, -0.15) is 0 Å². The van der Waals surface area contributed by atoms with E-state index in [1.807, 2.05) is 0 Å². The van der Waals surface area contributed by atoms with Crippen LogP contribution in [0.1, 0.15) is 77.0 Å². The monoisotopic (exact) mass is 239 g/mol. The molecule has 0 aromatic carbocycles. The Morgan fingerprint density at radius 1 is 0.824 bits per heavy atom. The predicted molar refractivity (Wildman–Crippen MR) is 72.1 cm³/mol. The molecule has 2 aliphatic carbocycles. The average molecular weight is 239 g/mol. The summed E-state index contributed by atoms with van der Waals surface area (Å²) in [4.78, 5) is 0. The maximum absolute atomic E-state index is 6.50. The third-order valence-electron chi connectivity index (χ3n) is 4.61. The van der Waals surface area contributed by atoms with Crippen molar-refractivity contribution in [2.75, 3.05) is 6.54 Å². The molecule has 0 aromatic rings. The van der Waals surface area contributed by atoms with Gasteiger partial charge in [0.25, 0.3) is 0 Å². The van der Waals surface area contributed by atoms with Crippen LogP contribution in [-0.2, 0) is 4.74 Å². The van der Waals surface area contributed by atoms with Crippen LogP contribution in [0.25, 0.3) is 0 Å². The molecule has 100 valence electrons. The Morgan fingerprint density at radius 3 is 1.88 bits per heavy atom. The molecule has 2 N–H and O–H groups in total. The lowest BCUT2D eigenvalue weighted by Crippen LogP contribution is -2.43. The van der Waals surface area contributed by atoms with Gasteiger partial charge in [0.1, 0.15) is 0 Å². The molecule has 2 heteroatoms. The van der Waals surface area contributed by atoms with E-state index in [0.29, 0.717) is 6.10 Å². The molecule has 17 heavy (non-hydrogen) atoms. The Balaban J connectivity index is 1.91. The highest BCUT2D eigenvalue weighted by molar-refractivity contribution is 4.86. The van der Waals surface area contributed by atoms with Crippen molar-refractivity contribution >= 4 is 0 Å². The minimum absolute atomic E-state index is 0.0332. The van der Waals surface area contributed by atoms with Gasteiger partial charge in [-0.15, -0.1) is 0 Å². The number of hydrogen-bond acceptors (Lipinski definition) is 2. The summed E-state index contributed by atoms with van der Waals surface area (Å²) in [7, 11) is 0. The van der Waals surface area contributed by atoms with E-state index >= 15 is 0 Å². The molecular formula is C15H29NO. The van der Waals surface area contributed by atoms with E-state index in [1.54, 1.807) is 0 Å². The van der Waals surface area contributed by atoms with Crippen molar-refractivity contribution in [2.45, 2.75) is 88.8 Å². The number of rotatable bonds is 3. The van der Waals surface area contributed by atoms with Crippen molar-refractivity contribution in [3.63, 3.8) is 0 Å². The highest BCUT2D eigenvalue weighted by atomic mass is 16.5. The van der Waals surface area contributed by atoms with E-state index in [-0.39, 0.29) is 5.60 Å². The SMILES string of the molecule is NCC1(OC2CCCCCC2)CCCCCC1. The molecule has 2 saturated carbocycles.